The zero-order chi connectivity index (χ0) is 54.9. The van der Waals surface area contributed by atoms with Gasteiger partial charge in [-0.25, -0.2) is 4.57 Å². The molecule has 0 bridgehead atoms. The molecule has 0 aromatic heterocycles. The third kappa shape index (κ3) is 59.2. The second kappa shape index (κ2) is 56.4. The smallest absolute Gasteiger partial charge is 0.387 e. The van der Waals surface area contributed by atoms with Crippen molar-refractivity contribution in [2.45, 2.75) is 289 Å². The normalized spacial score (nSPS) is 14.4. The molecule has 75 heavy (non-hydrogen) atoms. The summed E-state index contributed by atoms with van der Waals surface area (Å²) in [4.78, 5) is 23.3. The van der Waals surface area contributed by atoms with E-state index in [0.717, 1.165) is 77.0 Å². The Bertz CT molecular complexity index is 1500. The maximum absolute atomic E-state index is 13.0. The number of aliphatic hydroxyl groups is 1. The number of phosphoric acid groups is 1. The van der Waals surface area contributed by atoms with Crippen LogP contribution in [0.15, 0.2) is 85.1 Å². The van der Waals surface area contributed by atoms with Crippen LogP contribution in [0.3, 0.4) is 0 Å². The van der Waals surface area contributed by atoms with Gasteiger partial charge >= 0.3 is 7.82 Å². The fourth-order valence-electron chi connectivity index (χ4n) is 8.99. The van der Waals surface area contributed by atoms with E-state index in [1.807, 2.05) is 27.2 Å². The fraction of sp³-hybridized carbons (Fsp3) is 0.773. The van der Waals surface area contributed by atoms with Crippen molar-refractivity contribution in [3.8, 4) is 0 Å². The Labute approximate surface area is 465 Å². The number of quaternary nitrogens is 1. The fourth-order valence-corrected chi connectivity index (χ4v) is 9.72. The monoisotopic (exact) mass is 1070 g/mol. The summed E-state index contributed by atoms with van der Waals surface area (Å²) in [6.45, 7) is 4.72. The molecule has 3 N–H and O–H groups in total. The van der Waals surface area contributed by atoms with Gasteiger partial charge in [0.05, 0.1) is 39.9 Å². The van der Waals surface area contributed by atoms with E-state index in [4.69, 9.17) is 9.05 Å². The lowest BCUT2D eigenvalue weighted by molar-refractivity contribution is -0.870. The maximum atomic E-state index is 13.0. The molecule has 0 saturated carbocycles. The molecule has 0 saturated heterocycles. The summed E-state index contributed by atoms with van der Waals surface area (Å²) in [6, 6.07) is -0.849. The molecule has 0 rings (SSSR count). The van der Waals surface area contributed by atoms with E-state index in [-0.39, 0.29) is 19.1 Å². The number of hydrogen-bond acceptors (Lipinski definition) is 5. The molecule has 0 fully saturated rings. The van der Waals surface area contributed by atoms with Gasteiger partial charge in [-0.15, -0.1) is 0 Å². The first-order valence-corrected chi connectivity index (χ1v) is 33.0. The molecule has 9 heteroatoms. The molecule has 0 aliphatic rings. The van der Waals surface area contributed by atoms with Gasteiger partial charge in [0.2, 0.25) is 5.91 Å². The van der Waals surface area contributed by atoms with E-state index in [1.165, 1.54) is 180 Å². The first kappa shape index (κ1) is 72.7. The van der Waals surface area contributed by atoms with Gasteiger partial charge < -0.3 is 19.8 Å². The van der Waals surface area contributed by atoms with Crippen molar-refractivity contribution in [3.63, 3.8) is 0 Å². The Balaban J connectivity index is 4.02. The molecule has 0 heterocycles. The molecule has 0 aliphatic carbocycles. The van der Waals surface area contributed by atoms with E-state index in [9.17, 15) is 19.4 Å². The summed E-state index contributed by atoms with van der Waals surface area (Å²) in [5.74, 6) is -0.176. The van der Waals surface area contributed by atoms with Crippen LogP contribution in [0.5, 0.6) is 0 Å². The van der Waals surface area contributed by atoms with Crippen LogP contribution in [0.1, 0.15) is 277 Å². The van der Waals surface area contributed by atoms with Crippen molar-refractivity contribution in [1.82, 2.24) is 5.32 Å². The van der Waals surface area contributed by atoms with Crippen molar-refractivity contribution < 1.29 is 32.9 Å². The van der Waals surface area contributed by atoms with Crippen LogP contribution in [0, 0.1) is 0 Å². The summed E-state index contributed by atoms with van der Waals surface area (Å²) in [6.07, 6.45) is 79.9. The molecule has 8 nitrogen and oxygen atoms in total. The minimum absolute atomic E-state index is 0.0606. The predicted molar refractivity (Wildman–Crippen MR) is 327 cm³/mol. The van der Waals surface area contributed by atoms with Crippen molar-refractivity contribution in [3.05, 3.63) is 85.1 Å². The Morgan fingerprint density at radius 1 is 0.467 bits per heavy atom. The highest BCUT2D eigenvalue weighted by Gasteiger charge is 2.27. The zero-order valence-electron chi connectivity index (χ0n) is 49.8. The largest absolute Gasteiger partial charge is 0.472 e. The van der Waals surface area contributed by atoms with Crippen LogP contribution in [-0.4, -0.2) is 73.4 Å². The summed E-state index contributed by atoms with van der Waals surface area (Å²) in [5, 5.41) is 13.9. The number of unbranched alkanes of at least 4 members (excludes halogenated alkanes) is 32. The van der Waals surface area contributed by atoms with E-state index in [1.54, 1.807) is 6.08 Å². The average Bonchev–Trinajstić information content (AvgIpc) is 3.37. The maximum Gasteiger partial charge on any atom is 0.472 e. The predicted octanol–water partition coefficient (Wildman–Crippen LogP) is 19.6. The van der Waals surface area contributed by atoms with Gasteiger partial charge in [0, 0.05) is 6.42 Å². The first-order chi connectivity index (χ1) is 36.5. The standard InChI is InChI=1S/C66H121N2O6P/c1-6-8-10-12-14-16-18-20-22-24-25-26-27-28-29-30-31-32-33-34-35-36-37-38-39-40-41-42-43-44-46-48-50-52-54-56-58-60-66(70)67-64(63-74-75(71,72)73-62-61-68(3,4)5)65(69)59-57-55-53-51-49-47-45-23-21-19-17-15-13-11-9-7-2/h8,10,14,16,20,22,25-26,28-29,31-32,57,59,64-65,69H,6-7,9,11-13,15,17-19,21,23-24,27,30,33-56,58,60-63H2,1-5H3,(H-,67,70,71,72)/p+1/b10-8-,16-14-,22-20-,26-25-,29-28-,32-31-,59-57+. The second-order valence-corrected chi connectivity index (χ2v) is 23.9. The summed E-state index contributed by atoms with van der Waals surface area (Å²) >= 11 is 0. The lowest BCUT2D eigenvalue weighted by atomic mass is 10.0. The molecule has 3 atom stereocenters. The Kier molecular flexibility index (Phi) is 54.7. The number of carbonyl (C=O) groups is 1. The number of allylic oxidation sites excluding steroid dienone is 13. The van der Waals surface area contributed by atoms with Crippen molar-refractivity contribution in [2.75, 3.05) is 40.9 Å². The molecule has 0 aromatic rings. The molecule has 436 valence electrons. The molecule has 0 spiro atoms. The number of aliphatic hydroxyl groups excluding tert-OH is 1. The number of phosphoric ester groups is 1. The van der Waals surface area contributed by atoms with Crippen LogP contribution >= 0.6 is 7.82 Å². The number of nitrogens with zero attached hydrogens (tertiary/aromatic N) is 1. The van der Waals surface area contributed by atoms with Gasteiger partial charge in [-0.1, -0.05) is 285 Å². The second-order valence-electron chi connectivity index (χ2n) is 22.4. The number of likely N-dealkylation sites (N-methyl/N-ethyl adjacent to an activating group) is 1. The van der Waals surface area contributed by atoms with Crippen molar-refractivity contribution in [2.24, 2.45) is 0 Å². The van der Waals surface area contributed by atoms with E-state index in [2.05, 4.69) is 92.1 Å². The average molecular weight is 1070 g/mol. The third-order valence-electron chi connectivity index (χ3n) is 13.9. The van der Waals surface area contributed by atoms with E-state index in [0.29, 0.717) is 17.4 Å². The minimum Gasteiger partial charge on any atom is -0.387 e. The molecule has 3 unspecified atom stereocenters. The molecular formula is C66H122N2O6P+. The lowest BCUT2D eigenvalue weighted by Crippen LogP contribution is -2.45. The Morgan fingerprint density at radius 3 is 1.17 bits per heavy atom. The molecule has 0 aromatic carbocycles. The molecule has 0 aliphatic heterocycles. The number of amides is 1. The minimum atomic E-state index is -4.35. The molecule has 0 radical (unpaired) electrons. The van der Waals surface area contributed by atoms with Gasteiger partial charge in [0.25, 0.3) is 0 Å². The van der Waals surface area contributed by atoms with Crippen molar-refractivity contribution >= 4 is 13.7 Å². The third-order valence-corrected chi connectivity index (χ3v) is 14.9. The summed E-state index contributed by atoms with van der Waals surface area (Å²) in [7, 11) is 1.58. The van der Waals surface area contributed by atoms with Crippen LogP contribution in [0.4, 0.5) is 0 Å². The van der Waals surface area contributed by atoms with Crippen LogP contribution in [0.2, 0.25) is 0 Å². The number of rotatable bonds is 57. The lowest BCUT2D eigenvalue weighted by Gasteiger charge is -2.25. The number of hydrogen-bond donors (Lipinski definition) is 3. The quantitative estimate of drug-likeness (QED) is 0.0243. The SMILES string of the molecule is CC/C=C\C/C=C\C/C=C\C/C=C\C/C=C\C/C=C\CCCCCCCCCCCCCCCCCCCCC(=O)NC(COP(=O)(O)OCC[N+](C)(C)C)C(O)/C=C/CCCCCCCCCCCCCCCC. The topological polar surface area (TPSA) is 105 Å². The highest BCUT2D eigenvalue weighted by molar-refractivity contribution is 7.47. The highest BCUT2D eigenvalue weighted by Crippen LogP contribution is 2.43. The number of carbonyl (C=O) groups excluding carboxylic acids is 1. The first-order valence-electron chi connectivity index (χ1n) is 31.5. The highest BCUT2D eigenvalue weighted by atomic mass is 31.2. The van der Waals surface area contributed by atoms with Gasteiger partial charge in [-0.2, -0.15) is 0 Å². The number of nitrogens with one attached hydrogen (secondary N) is 1. The summed E-state index contributed by atoms with van der Waals surface area (Å²) in [5.41, 5.74) is 0. The zero-order valence-corrected chi connectivity index (χ0v) is 50.7. The van der Waals surface area contributed by atoms with E-state index < -0.39 is 20.0 Å². The Hall–Kier alpha value is -2.32. The van der Waals surface area contributed by atoms with Crippen LogP contribution < -0.4 is 5.32 Å². The van der Waals surface area contributed by atoms with Gasteiger partial charge in [-0.05, 0) is 70.6 Å². The van der Waals surface area contributed by atoms with Gasteiger partial charge in [-0.3, -0.25) is 13.8 Å². The van der Waals surface area contributed by atoms with Crippen molar-refractivity contribution in [1.29, 1.82) is 0 Å². The van der Waals surface area contributed by atoms with Crippen LogP contribution in [0.25, 0.3) is 0 Å². The summed E-state index contributed by atoms with van der Waals surface area (Å²) < 4.78 is 23.7. The Morgan fingerprint density at radius 2 is 0.800 bits per heavy atom. The van der Waals surface area contributed by atoms with Gasteiger partial charge in [0.1, 0.15) is 13.2 Å². The molecular weight excluding hydrogens is 948 g/mol. The van der Waals surface area contributed by atoms with E-state index >= 15 is 0 Å². The molecule has 1 amide bonds. The van der Waals surface area contributed by atoms with Gasteiger partial charge in [0.15, 0.2) is 0 Å². The van der Waals surface area contributed by atoms with Crippen LogP contribution in [-0.2, 0) is 18.4 Å².